The van der Waals surface area contributed by atoms with Crippen molar-refractivity contribution in [3.63, 3.8) is 0 Å². The topological polar surface area (TPSA) is 108 Å². The van der Waals surface area contributed by atoms with Crippen molar-refractivity contribution >= 4 is 35.1 Å². The Morgan fingerprint density at radius 3 is 2.67 bits per heavy atom. The van der Waals surface area contributed by atoms with Crippen molar-refractivity contribution in [2.75, 3.05) is 13.2 Å². The van der Waals surface area contributed by atoms with Crippen LogP contribution in [0.4, 0.5) is 0 Å². The zero-order valence-electron chi connectivity index (χ0n) is 20.0. The maximum Gasteiger partial charge on any atom is 0.251 e. The van der Waals surface area contributed by atoms with E-state index in [2.05, 4.69) is 34.3 Å². The minimum Gasteiger partial charge on any atom is -0.471 e. The van der Waals surface area contributed by atoms with Crippen molar-refractivity contribution in [3.05, 3.63) is 48.8 Å². The summed E-state index contributed by atoms with van der Waals surface area (Å²) in [5, 5.41) is 9.40. The molecule has 1 aliphatic heterocycles. The largest absolute Gasteiger partial charge is 0.471 e. The minimum atomic E-state index is -1.85. The Labute approximate surface area is 212 Å². The van der Waals surface area contributed by atoms with E-state index in [1.54, 1.807) is 29.2 Å². The number of amides is 1. The quantitative estimate of drug-likeness (QED) is 0.400. The standard InChI is InChI=1S/C23H22B3N7O3/c1-13(2)32-10-16(8-28-32)19-11-33-20(30-22(19)36-17-3-4-35-12-17)18(9-29-33)14-5-15(7-27-6-14)21(34)31-23(24,25)26/h5-11,13,17H,3-4,12H2,1-2H3,(H,31,34)/t17-/m0/s1. The molecule has 4 aromatic heterocycles. The molecule has 0 unspecified atom stereocenters. The molecule has 1 N–H and O–H groups in total. The van der Waals surface area contributed by atoms with Gasteiger partial charge in [-0.15, -0.1) is 0 Å². The highest BCUT2D eigenvalue weighted by molar-refractivity contribution is 6.60. The molecule has 0 bridgehead atoms. The highest BCUT2D eigenvalue weighted by Crippen LogP contribution is 2.33. The Bertz CT molecular complexity index is 1410. The van der Waals surface area contributed by atoms with Crippen molar-refractivity contribution in [1.82, 2.24) is 34.7 Å². The average Bonchev–Trinajstić information content (AvgIpc) is 3.58. The van der Waals surface area contributed by atoms with E-state index in [0.717, 1.165) is 17.5 Å². The second-order valence-corrected chi connectivity index (χ2v) is 9.04. The summed E-state index contributed by atoms with van der Waals surface area (Å²) in [6.07, 6.45) is 10.9. The second kappa shape index (κ2) is 9.46. The molecule has 13 heteroatoms. The molecule has 1 saturated heterocycles. The first-order chi connectivity index (χ1) is 17.2. The van der Waals surface area contributed by atoms with Crippen LogP contribution in [0.3, 0.4) is 0 Å². The van der Waals surface area contributed by atoms with Crippen LogP contribution in [0.15, 0.2) is 43.2 Å². The monoisotopic (exact) mass is 477 g/mol. The first kappa shape index (κ1) is 24.1. The van der Waals surface area contributed by atoms with Crippen molar-refractivity contribution in [3.8, 4) is 28.1 Å². The van der Waals surface area contributed by atoms with Gasteiger partial charge in [0.05, 0.1) is 60.3 Å². The van der Waals surface area contributed by atoms with Gasteiger partial charge in [0.15, 0.2) is 5.65 Å². The van der Waals surface area contributed by atoms with E-state index in [1.165, 1.54) is 6.20 Å². The first-order valence-electron chi connectivity index (χ1n) is 11.5. The summed E-state index contributed by atoms with van der Waals surface area (Å²) in [6, 6.07) is 1.85. The Morgan fingerprint density at radius 1 is 1.14 bits per heavy atom. The van der Waals surface area contributed by atoms with Gasteiger partial charge < -0.3 is 14.8 Å². The second-order valence-electron chi connectivity index (χ2n) is 9.04. The van der Waals surface area contributed by atoms with Crippen molar-refractivity contribution < 1.29 is 14.3 Å². The lowest BCUT2D eigenvalue weighted by Crippen LogP contribution is -2.50. The lowest BCUT2D eigenvalue weighted by atomic mass is 9.49. The smallest absolute Gasteiger partial charge is 0.251 e. The van der Waals surface area contributed by atoms with E-state index >= 15 is 0 Å². The molecule has 4 aromatic rings. The number of carbonyl (C=O) groups excluding carboxylic acids is 1. The molecular formula is C23H22B3N7O3. The molecule has 6 radical (unpaired) electrons. The predicted molar refractivity (Wildman–Crippen MR) is 135 cm³/mol. The number of aromatic nitrogens is 6. The average molecular weight is 477 g/mol. The fourth-order valence-electron chi connectivity index (χ4n) is 3.89. The van der Waals surface area contributed by atoms with Gasteiger partial charge in [0.1, 0.15) is 6.10 Å². The van der Waals surface area contributed by atoms with Crippen LogP contribution in [0.2, 0.25) is 0 Å². The molecule has 1 aliphatic rings. The van der Waals surface area contributed by atoms with E-state index in [9.17, 15) is 4.79 Å². The number of hydrogen-bond donors (Lipinski definition) is 1. The summed E-state index contributed by atoms with van der Waals surface area (Å²) >= 11 is 0. The molecule has 0 aliphatic carbocycles. The molecule has 1 fully saturated rings. The molecule has 0 spiro atoms. The molecule has 5 heterocycles. The van der Waals surface area contributed by atoms with Crippen LogP contribution in [0.5, 0.6) is 5.88 Å². The molecular weight excluding hydrogens is 455 g/mol. The van der Waals surface area contributed by atoms with Gasteiger partial charge >= 0.3 is 0 Å². The SMILES string of the molecule is [B]C([B])([B])NC(=O)c1cncc(-c2cnn3cc(-c4cnn(C(C)C)c4)c(O[C@H]4CCOC4)nc23)c1. The van der Waals surface area contributed by atoms with Gasteiger partial charge in [-0.2, -0.15) is 15.2 Å². The van der Waals surface area contributed by atoms with Crippen LogP contribution in [0, 0.1) is 0 Å². The summed E-state index contributed by atoms with van der Waals surface area (Å²) in [6.45, 7) is 5.25. The van der Waals surface area contributed by atoms with Crippen LogP contribution in [0.1, 0.15) is 36.7 Å². The van der Waals surface area contributed by atoms with Gasteiger partial charge in [-0.25, -0.2) is 4.52 Å². The normalized spacial score (nSPS) is 16.0. The number of nitrogens with one attached hydrogen (secondary N) is 1. The van der Waals surface area contributed by atoms with E-state index in [0.29, 0.717) is 35.9 Å². The molecule has 176 valence electrons. The third kappa shape index (κ3) is 5.01. The molecule has 5 rings (SSSR count). The molecule has 10 nitrogen and oxygen atoms in total. The molecule has 0 aromatic carbocycles. The Kier molecular flexibility index (Phi) is 6.34. The Balaban J connectivity index is 1.57. The number of hydrogen-bond acceptors (Lipinski definition) is 7. The van der Waals surface area contributed by atoms with Gasteiger partial charge in [0.25, 0.3) is 5.91 Å². The van der Waals surface area contributed by atoms with Crippen LogP contribution in [-0.4, -0.2) is 83.4 Å². The highest BCUT2D eigenvalue weighted by atomic mass is 16.5. The van der Waals surface area contributed by atoms with E-state index in [1.807, 2.05) is 17.1 Å². The van der Waals surface area contributed by atoms with E-state index in [4.69, 9.17) is 38.0 Å². The van der Waals surface area contributed by atoms with E-state index in [-0.39, 0.29) is 17.7 Å². The van der Waals surface area contributed by atoms with Crippen molar-refractivity contribution in [2.45, 2.75) is 37.7 Å². The summed E-state index contributed by atoms with van der Waals surface area (Å²) in [7, 11) is 16.5. The van der Waals surface area contributed by atoms with Gasteiger partial charge in [0, 0.05) is 53.9 Å². The summed E-state index contributed by atoms with van der Waals surface area (Å²) < 4.78 is 15.3. The third-order valence-corrected chi connectivity index (χ3v) is 5.71. The van der Waals surface area contributed by atoms with Crippen LogP contribution in [-0.2, 0) is 4.74 Å². The highest BCUT2D eigenvalue weighted by Gasteiger charge is 2.23. The van der Waals surface area contributed by atoms with Gasteiger partial charge in [-0.05, 0) is 19.9 Å². The zero-order chi connectivity index (χ0) is 25.4. The summed E-state index contributed by atoms with van der Waals surface area (Å²) in [5.41, 5.74) is 3.67. The van der Waals surface area contributed by atoms with Crippen LogP contribution >= 0.6 is 0 Å². The lowest BCUT2D eigenvalue weighted by molar-refractivity contribution is 0.0952. The fourth-order valence-corrected chi connectivity index (χ4v) is 3.89. The third-order valence-electron chi connectivity index (χ3n) is 5.71. The Hall–Kier alpha value is -3.60. The maximum absolute atomic E-state index is 12.5. The van der Waals surface area contributed by atoms with Crippen molar-refractivity contribution in [1.29, 1.82) is 0 Å². The minimum absolute atomic E-state index is 0.108. The van der Waals surface area contributed by atoms with Crippen LogP contribution in [0.25, 0.3) is 27.9 Å². The summed E-state index contributed by atoms with van der Waals surface area (Å²) in [4.78, 5) is 21.5. The first-order valence-corrected chi connectivity index (χ1v) is 11.5. The van der Waals surface area contributed by atoms with Crippen LogP contribution < -0.4 is 10.1 Å². The predicted octanol–water partition coefficient (Wildman–Crippen LogP) is 1.25. The molecule has 36 heavy (non-hydrogen) atoms. The van der Waals surface area contributed by atoms with Gasteiger partial charge in [0.2, 0.25) is 5.88 Å². The molecule has 1 amide bonds. The summed E-state index contributed by atoms with van der Waals surface area (Å²) in [5.74, 6) is -0.111. The number of rotatable bonds is 7. The zero-order valence-corrected chi connectivity index (χ0v) is 20.0. The number of fused-ring (bicyclic) bond motifs is 1. The number of pyridine rings is 1. The maximum atomic E-state index is 12.5. The number of nitrogens with zero attached hydrogens (tertiary/aromatic N) is 6. The fraction of sp³-hybridized carbons (Fsp3) is 0.348. The lowest BCUT2D eigenvalue weighted by Gasteiger charge is -2.22. The van der Waals surface area contributed by atoms with E-state index < -0.39 is 11.1 Å². The number of ether oxygens (including phenoxy) is 2. The van der Waals surface area contributed by atoms with Gasteiger partial charge in [-0.1, -0.05) is 5.24 Å². The molecule has 1 atom stereocenters. The van der Waals surface area contributed by atoms with Gasteiger partial charge in [-0.3, -0.25) is 14.5 Å². The number of carbonyl (C=O) groups is 1. The van der Waals surface area contributed by atoms with Crippen molar-refractivity contribution in [2.24, 2.45) is 0 Å². The Morgan fingerprint density at radius 2 is 1.97 bits per heavy atom. The molecule has 0 saturated carbocycles.